The minimum absolute atomic E-state index is 0.00822. The van der Waals surface area contributed by atoms with Crippen molar-refractivity contribution in [2.24, 2.45) is 5.92 Å². The van der Waals surface area contributed by atoms with Crippen LogP contribution in [0.25, 0.3) is 16.5 Å². The highest BCUT2D eigenvalue weighted by Gasteiger charge is 2.38. The zero-order valence-corrected chi connectivity index (χ0v) is 18.0. The van der Waals surface area contributed by atoms with Crippen molar-refractivity contribution in [2.75, 3.05) is 32.9 Å². The van der Waals surface area contributed by atoms with Gasteiger partial charge >= 0.3 is 0 Å². The number of hydrogen-bond acceptors (Lipinski definition) is 3. The van der Waals surface area contributed by atoms with Gasteiger partial charge in [0, 0.05) is 50.7 Å². The first kappa shape index (κ1) is 20.8. The number of rotatable bonds is 6. The maximum absolute atomic E-state index is 13.2. The molecule has 0 unspecified atom stereocenters. The molecule has 4 rings (SSSR count). The zero-order valence-electron chi connectivity index (χ0n) is 18.0. The Bertz CT molecular complexity index is 1010. The third-order valence-corrected chi connectivity index (χ3v) is 6.55. The van der Waals surface area contributed by atoms with E-state index in [4.69, 9.17) is 0 Å². The molecule has 30 heavy (non-hydrogen) atoms. The Kier molecular flexibility index (Phi) is 5.78. The molecule has 160 valence electrons. The van der Waals surface area contributed by atoms with Crippen molar-refractivity contribution < 1.29 is 14.0 Å². The van der Waals surface area contributed by atoms with Crippen LogP contribution in [0.5, 0.6) is 0 Å². The van der Waals surface area contributed by atoms with E-state index in [1.807, 2.05) is 37.1 Å². The van der Waals surface area contributed by atoms with Gasteiger partial charge in [-0.15, -0.1) is 0 Å². The lowest BCUT2D eigenvalue weighted by Gasteiger charge is -2.42. The maximum atomic E-state index is 13.2. The SMILES string of the molecule is CCN(CC)C(=O)[C@@H]1C=C2c3cccc4c3c(cn4C(C)=O)C[C@H]2N(CCCF)C1. The van der Waals surface area contributed by atoms with E-state index < -0.39 is 0 Å². The van der Waals surface area contributed by atoms with E-state index in [1.54, 1.807) is 11.5 Å². The molecule has 5 nitrogen and oxygen atoms in total. The predicted octanol–water partition coefficient (Wildman–Crippen LogP) is 3.77. The summed E-state index contributed by atoms with van der Waals surface area (Å²) in [7, 11) is 0. The highest BCUT2D eigenvalue weighted by atomic mass is 19.1. The van der Waals surface area contributed by atoms with Crippen molar-refractivity contribution in [1.82, 2.24) is 14.4 Å². The Morgan fingerprint density at radius 1 is 1.23 bits per heavy atom. The number of fused-ring (bicyclic) bond motifs is 2. The maximum Gasteiger partial charge on any atom is 0.230 e. The van der Waals surface area contributed by atoms with E-state index in [0.29, 0.717) is 32.6 Å². The van der Waals surface area contributed by atoms with Crippen LogP contribution in [0.2, 0.25) is 0 Å². The first-order valence-corrected chi connectivity index (χ1v) is 10.9. The van der Waals surface area contributed by atoms with Crippen molar-refractivity contribution in [3.63, 3.8) is 0 Å². The highest BCUT2D eigenvalue weighted by Crippen LogP contribution is 2.42. The van der Waals surface area contributed by atoms with Gasteiger partial charge in [0.05, 0.1) is 18.1 Å². The van der Waals surface area contributed by atoms with E-state index in [-0.39, 0.29) is 30.4 Å². The lowest BCUT2D eigenvalue weighted by atomic mass is 9.79. The normalized spacial score (nSPS) is 20.7. The van der Waals surface area contributed by atoms with Crippen LogP contribution in [0.1, 0.15) is 43.1 Å². The first-order valence-electron chi connectivity index (χ1n) is 10.9. The number of nitrogens with zero attached hydrogens (tertiary/aromatic N) is 3. The summed E-state index contributed by atoms with van der Waals surface area (Å²) in [6.07, 6.45) is 5.33. The van der Waals surface area contributed by atoms with Gasteiger partial charge in [-0.05, 0) is 49.5 Å². The molecule has 2 aromatic rings. The number of alkyl halides is 1. The fourth-order valence-corrected chi connectivity index (χ4v) is 5.13. The molecule has 1 aromatic carbocycles. The molecule has 6 heteroatoms. The first-order chi connectivity index (χ1) is 14.5. The lowest BCUT2D eigenvalue weighted by Crippen LogP contribution is -2.49. The summed E-state index contributed by atoms with van der Waals surface area (Å²) in [6, 6.07) is 6.16. The predicted molar refractivity (Wildman–Crippen MR) is 117 cm³/mol. The molecule has 2 atom stereocenters. The van der Waals surface area contributed by atoms with Crippen molar-refractivity contribution in [3.8, 4) is 0 Å². The van der Waals surface area contributed by atoms with Gasteiger partial charge in [0.2, 0.25) is 11.8 Å². The summed E-state index contributed by atoms with van der Waals surface area (Å²) in [5.74, 6) is -0.107. The van der Waals surface area contributed by atoms with Gasteiger partial charge < -0.3 is 4.90 Å². The molecule has 0 saturated carbocycles. The quantitative estimate of drug-likeness (QED) is 0.727. The number of hydrogen-bond donors (Lipinski definition) is 0. The molecule has 0 fully saturated rings. The number of amides is 1. The van der Waals surface area contributed by atoms with Crippen LogP contribution in [0.15, 0.2) is 30.5 Å². The van der Waals surface area contributed by atoms with Crippen LogP contribution in [-0.4, -0.2) is 65.1 Å². The molecule has 2 heterocycles. The Hall–Kier alpha value is -2.47. The topological polar surface area (TPSA) is 45.6 Å². The van der Waals surface area contributed by atoms with Crippen molar-refractivity contribution >= 4 is 28.3 Å². The number of benzene rings is 1. The molecule has 0 radical (unpaired) electrons. The molecule has 0 saturated heterocycles. The summed E-state index contributed by atoms with van der Waals surface area (Å²) in [5, 5.41) is 1.11. The van der Waals surface area contributed by atoms with E-state index in [0.717, 1.165) is 34.0 Å². The van der Waals surface area contributed by atoms with Gasteiger partial charge in [-0.25, -0.2) is 0 Å². The lowest BCUT2D eigenvalue weighted by molar-refractivity contribution is -0.134. The minimum Gasteiger partial charge on any atom is -0.343 e. The van der Waals surface area contributed by atoms with Gasteiger partial charge in [-0.3, -0.25) is 23.4 Å². The molecular weight excluding hydrogens is 381 g/mol. The Balaban J connectivity index is 1.83. The molecule has 1 aliphatic carbocycles. The Morgan fingerprint density at radius 3 is 2.67 bits per heavy atom. The number of carbonyl (C=O) groups is 2. The van der Waals surface area contributed by atoms with E-state index in [1.165, 1.54) is 0 Å². The average Bonchev–Trinajstić information content (AvgIpc) is 3.13. The molecular formula is C24H30FN3O2. The fourth-order valence-electron chi connectivity index (χ4n) is 5.13. The number of aromatic nitrogens is 1. The largest absolute Gasteiger partial charge is 0.343 e. The zero-order chi connectivity index (χ0) is 21.4. The summed E-state index contributed by atoms with van der Waals surface area (Å²) < 4.78 is 14.7. The molecule has 1 aliphatic heterocycles. The van der Waals surface area contributed by atoms with Gasteiger partial charge in [0.25, 0.3) is 0 Å². The van der Waals surface area contributed by atoms with Crippen molar-refractivity contribution in [1.29, 1.82) is 0 Å². The van der Waals surface area contributed by atoms with Crippen LogP contribution in [0.4, 0.5) is 4.39 Å². The monoisotopic (exact) mass is 411 g/mol. The summed E-state index contributed by atoms with van der Waals surface area (Å²) >= 11 is 0. The number of halogens is 1. The van der Waals surface area contributed by atoms with Gasteiger partial charge in [-0.2, -0.15) is 0 Å². The molecule has 1 amide bonds. The van der Waals surface area contributed by atoms with Gasteiger partial charge in [0.1, 0.15) is 0 Å². The third-order valence-electron chi connectivity index (χ3n) is 6.55. The van der Waals surface area contributed by atoms with Crippen molar-refractivity contribution in [2.45, 2.75) is 39.7 Å². The molecule has 1 aromatic heterocycles. The van der Waals surface area contributed by atoms with Crippen LogP contribution < -0.4 is 0 Å². The van der Waals surface area contributed by atoms with Gasteiger partial charge in [-0.1, -0.05) is 18.2 Å². The molecule has 0 N–H and O–H groups in total. The van der Waals surface area contributed by atoms with Crippen LogP contribution in [0.3, 0.4) is 0 Å². The highest BCUT2D eigenvalue weighted by molar-refractivity contribution is 6.03. The Morgan fingerprint density at radius 2 is 2.00 bits per heavy atom. The molecule has 0 bridgehead atoms. The van der Waals surface area contributed by atoms with Gasteiger partial charge in [0.15, 0.2) is 0 Å². The smallest absolute Gasteiger partial charge is 0.230 e. The fraction of sp³-hybridized carbons (Fsp3) is 0.500. The van der Waals surface area contributed by atoms with E-state index in [9.17, 15) is 14.0 Å². The summed E-state index contributed by atoms with van der Waals surface area (Å²) in [4.78, 5) is 29.5. The third kappa shape index (κ3) is 3.37. The summed E-state index contributed by atoms with van der Waals surface area (Å²) in [6.45, 7) is 7.82. The second kappa shape index (κ2) is 8.34. The second-order valence-electron chi connectivity index (χ2n) is 8.24. The molecule has 2 aliphatic rings. The summed E-state index contributed by atoms with van der Waals surface area (Å²) in [5.41, 5.74) is 4.31. The van der Waals surface area contributed by atoms with Crippen LogP contribution in [-0.2, 0) is 11.2 Å². The second-order valence-corrected chi connectivity index (χ2v) is 8.24. The standard InChI is InChI=1S/C24H30FN3O2/c1-4-26(5-2)24(30)18-12-20-19-8-6-9-21-23(19)17(15-28(21)16(3)29)13-22(20)27(14-18)11-7-10-25/h6,8-9,12,15,18,22H,4-5,7,10-11,13-14H2,1-3H3/t18-,22-/m1/s1. The van der Waals surface area contributed by atoms with E-state index >= 15 is 0 Å². The Labute approximate surface area is 177 Å². The number of carbonyl (C=O) groups excluding carboxylic acids is 2. The molecule has 0 spiro atoms. The van der Waals surface area contributed by atoms with Crippen LogP contribution >= 0.6 is 0 Å². The average molecular weight is 412 g/mol. The minimum atomic E-state index is -0.363. The van der Waals surface area contributed by atoms with E-state index in [2.05, 4.69) is 17.0 Å². The van der Waals surface area contributed by atoms with Crippen molar-refractivity contribution in [3.05, 3.63) is 41.6 Å². The van der Waals surface area contributed by atoms with Crippen LogP contribution in [0, 0.1) is 5.92 Å².